The molecule has 0 amide bonds. The summed E-state index contributed by atoms with van der Waals surface area (Å²) in [6, 6.07) is 3.31. The van der Waals surface area contributed by atoms with E-state index in [9.17, 15) is 19.2 Å². The van der Waals surface area contributed by atoms with Crippen LogP contribution in [-0.2, 0) is 38.1 Å². The fraction of sp³-hybridized carbons (Fsp3) is 0.379. The van der Waals surface area contributed by atoms with Crippen molar-refractivity contribution in [2.24, 2.45) is 0 Å². The first kappa shape index (κ1) is 33.5. The predicted molar refractivity (Wildman–Crippen MR) is 146 cm³/mol. The van der Waals surface area contributed by atoms with Crippen LogP contribution >= 0.6 is 0 Å². The van der Waals surface area contributed by atoms with Crippen LogP contribution in [0.15, 0.2) is 56.2 Å². The maximum atomic E-state index is 11.7. The van der Waals surface area contributed by atoms with E-state index in [0.717, 1.165) is 18.2 Å². The van der Waals surface area contributed by atoms with Crippen LogP contribution in [0, 0.1) is 0 Å². The Morgan fingerprint density at radius 2 is 1.12 bits per heavy atom. The van der Waals surface area contributed by atoms with E-state index in [1.807, 2.05) is 0 Å². The highest BCUT2D eigenvalue weighted by Crippen LogP contribution is 2.41. The van der Waals surface area contributed by atoms with E-state index in [4.69, 9.17) is 28.4 Å². The van der Waals surface area contributed by atoms with Crippen molar-refractivity contribution in [1.29, 1.82) is 0 Å². The monoisotopic (exact) mass is 560 g/mol. The van der Waals surface area contributed by atoms with Gasteiger partial charge in [0.2, 0.25) is 5.75 Å². The van der Waals surface area contributed by atoms with Gasteiger partial charge in [-0.3, -0.25) is 0 Å². The summed E-state index contributed by atoms with van der Waals surface area (Å²) in [5, 5.41) is 0. The molecule has 1 rings (SSSR count). The van der Waals surface area contributed by atoms with Gasteiger partial charge < -0.3 is 33.2 Å². The minimum absolute atomic E-state index is 0.0252. The minimum atomic E-state index is -0.580. The lowest BCUT2D eigenvalue weighted by atomic mass is 10.1. The molecule has 0 aliphatic carbocycles. The number of ether oxygens (including phenoxy) is 7. The quantitative estimate of drug-likeness (QED) is 0.0942. The van der Waals surface area contributed by atoms with E-state index >= 15 is 0 Å². The summed E-state index contributed by atoms with van der Waals surface area (Å²) in [5.74, 6) is -1.26. The third-order valence-electron chi connectivity index (χ3n) is 4.85. The Labute approximate surface area is 234 Å². The smallest absolute Gasteiger partial charge is 0.330 e. The van der Waals surface area contributed by atoms with Crippen LogP contribution in [0.4, 0.5) is 0 Å². The molecule has 0 fully saturated rings. The van der Waals surface area contributed by atoms with Crippen LogP contribution < -0.4 is 14.2 Å². The Balaban J connectivity index is 3.08. The van der Waals surface area contributed by atoms with E-state index in [1.54, 1.807) is 12.1 Å². The van der Waals surface area contributed by atoms with E-state index < -0.39 is 23.9 Å². The highest BCUT2D eigenvalue weighted by Gasteiger charge is 2.18. The Hall–Kier alpha value is -4.54. The zero-order chi connectivity index (χ0) is 29.6. The fourth-order valence-corrected chi connectivity index (χ4v) is 2.89. The van der Waals surface area contributed by atoms with Crippen molar-refractivity contribution < 1.29 is 52.3 Å². The van der Waals surface area contributed by atoms with Crippen LogP contribution in [0.5, 0.6) is 17.2 Å². The van der Waals surface area contributed by atoms with Gasteiger partial charge in [0, 0.05) is 29.9 Å². The van der Waals surface area contributed by atoms with Gasteiger partial charge in [-0.05, 0) is 43.9 Å². The summed E-state index contributed by atoms with van der Waals surface area (Å²) >= 11 is 0. The normalized spacial score (nSPS) is 10.2. The summed E-state index contributed by atoms with van der Waals surface area (Å²) in [4.78, 5) is 45.5. The summed E-state index contributed by atoms with van der Waals surface area (Å²) in [6.07, 6.45) is 8.15. The standard InChI is InChI=1S/C29H36O11/c1-5-24(30)36-16-8-10-18-39-28-22(13-15-27(33)34-4)12-14-23(35-20-21-38-26(32)7-3)29(28)40-19-11-9-17-37-25(31)6-2/h5-7,12-15H,1-3,8-11,16-21H2,4H3/b15-13+. The van der Waals surface area contributed by atoms with Gasteiger partial charge in [-0.15, -0.1) is 0 Å². The maximum Gasteiger partial charge on any atom is 0.330 e. The Bertz CT molecular complexity index is 1040. The number of methoxy groups -OCH3 is 1. The molecule has 0 spiro atoms. The minimum Gasteiger partial charge on any atom is -0.489 e. The van der Waals surface area contributed by atoms with Crippen LogP contribution in [0.3, 0.4) is 0 Å². The van der Waals surface area contributed by atoms with E-state index in [0.29, 0.717) is 42.7 Å². The van der Waals surface area contributed by atoms with Gasteiger partial charge in [0.15, 0.2) is 11.5 Å². The second kappa shape index (κ2) is 20.4. The first-order chi connectivity index (χ1) is 19.4. The largest absolute Gasteiger partial charge is 0.489 e. The van der Waals surface area contributed by atoms with Gasteiger partial charge in [-0.25, -0.2) is 19.2 Å². The summed E-state index contributed by atoms with van der Waals surface area (Å²) < 4.78 is 37.5. The molecule has 1 aromatic rings. The molecule has 0 N–H and O–H groups in total. The van der Waals surface area contributed by atoms with Crippen molar-refractivity contribution in [3.8, 4) is 17.2 Å². The lowest BCUT2D eigenvalue weighted by molar-refractivity contribution is -0.139. The third-order valence-corrected chi connectivity index (χ3v) is 4.85. The highest BCUT2D eigenvalue weighted by atomic mass is 16.6. The number of hydrogen-bond acceptors (Lipinski definition) is 11. The topological polar surface area (TPSA) is 133 Å². The molecule has 0 heterocycles. The molecule has 0 aromatic heterocycles. The average Bonchev–Trinajstić information content (AvgIpc) is 2.97. The average molecular weight is 561 g/mol. The number of carbonyl (C=O) groups excluding carboxylic acids is 4. The SMILES string of the molecule is C=CC(=O)OCCCCOc1c(/C=C/C(=O)OC)ccc(OCCOC(=O)C=C)c1OCCCCOC(=O)C=C. The van der Waals surface area contributed by atoms with Crippen molar-refractivity contribution in [2.75, 3.05) is 46.8 Å². The van der Waals surface area contributed by atoms with Gasteiger partial charge >= 0.3 is 23.9 Å². The molecular formula is C29H36O11. The Morgan fingerprint density at radius 1 is 0.625 bits per heavy atom. The van der Waals surface area contributed by atoms with Crippen molar-refractivity contribution in [3.05, 3.63) is 61.7 Å². The summed E-state index contributed by atoms with van der Waals surface area (Å²) in [6.45, 7) is 10.9. The molecule has 0 saturated heterocycles. The van der Waals surface area contributed by atoms with Crippen LogP contribution in [-0.4, -0.2) is 70.6 Å². The summed E-state index contributed by atoms with van der Waals surface area (Å²) in [5.41, 5.74) is 0.517. The molecule has 0 atom stereocenters. The zero-order valence-electron chi connectivity index (χ0n) is 22.7. The van der Waals surface area contributed by atoms with Gasteiger partial charge in [0.1, 0.15) is 13.2 Å². The predicted octanol–water partition coefficient (Wildman–Crippen LogP) is 3.76. The van der Waals surface area contributed by atoms with E-state index in [-0.39, 0.29) is 45.4 Å². The van der Waals surface area contributed by atoms with Crippen LogP contribution in [0.25, 0.3) is 6.08 Å². The maximum absolute atomic E-state index is 11.7. The third kappa shape index (κ3) is 13.8. The molecule has 11 nitrogen and oxygen atoms in total. The molecule has 0 aliphatic rings. The molecular weight excluding hydrogens is 524 g/mol. The number of hydrogen-bond donors (Lipinski definition) is 0. The summed E-state index contributed by atoms with van der Waals surface area (Å²) in [7, 11) is 1.26. The fourth-order valence-electron chi connectivity index (χ4n) is 2.89. The number of carbonyl (C=O) groups is 4. The molecule has 218 valence electrons. The van der Waals surface area contributed by atoms with Gasteiger partial charge in [-0.1, -0.05) is 19.7 Å². The second-order valence-corrected chi connectivity index (χ2v) is 7.74. The first-order valence-electron chi connectivity index (χ1n) is 12.5. The molecule has 40 heavy (non-hydrogen) atoms. The van der Waals surface area contributed by atoms with Crippen LogP contribution in [0.1, 0.15) is 31.2 Å². The number of rotatable bonds is 21. The molecule has 11 heteroatoms. The van der Waals surface area contributed by atoms with Gasteiger partial charge in [-0.2, -0.15) is 0 Å². The Kier molecular flexibility index (Phi) is 17.1. The molecule has 1 aromatic carbocycles. The molecule has 0 radical (unpaired) electrons. The van der Waals surface area contributed by atoms with Crippen molar-refractivity contribution in [3.63, 3.8) is 0 Å². The van der Waals surface area contributed by atoms with Gasteiger partial charge in [0.05, 0.1) is 33.5 Å². The van der Waals surface area contributed by atoms with Crippen LogP contribution in [0.2, 0.25) is 0 Å². The Morgan fingerprint density at radius 3 is 1.65 bits per heavy atom. The van der Waals surface area contributed by atoms with Crippen molar-refractivity contribution in [2.45, 2.75) is 25.7 Å². The lowest BCUT2D eigenvalue weighted by Crippen LogP contribution is -2.12. The van der Waals surface area contributed by atoms with E-state index in [1.165, 1.54) is 19.3 Å². The molecule has 0 bridgehead atoms. The van der Waals surface area contributed by atoms with Gasteiger partial charge in [0.25, 0.3) is 0 Å². The molecule has 0 saturated carbocycles. The van der Waals surface area contributed by atoms with E-state index in [2.05, 4.69) is 24.5 Å². The van der Waals surface area contributed by atoms with Crippen molar-refractivity contribution in [1.82, 2.24) is 0 Å². The molecule has 0 aliphatic heterocycles. The molecule has 0 unspecified atom stereocenters. The first-order valence-corrected chi connectivity index (χ1v) is 12.5. The number of unbranched alkanes of at least 4 members (excludes halogenated alkanes) is 2. The second-order valence-electron chi connectivity index (χ2n) is 7.74. The number of benzene rings is 1. The number of esters is 4. The zero-order valence-corrected chi connectivity index (χ0v) is 22.7. The lowest BCUT2D eigenvalue weighted by Gasteiger charge is -2.19. The van der Waals surface area contributed by atoms with Crippen molar-refractivity contribution >= 4 is 30.0 Å². The highest BCUT2D eigenvalue weighted by molar-refractivity contribution is 5.88.